The molecule has 0 saturated carbocycles. The smallest absolute Gasteiger partial charge is 0.237 e. The molecule has 0 bridgehead atoms. The van der Waals surface area contributed by atoms with E-state index in [4.69, 9.17) is 4.74 Å². The summed E-state index contributed by atoms with van der Waals surface area (Å²) in [6.07, 6.45) is 4.60. The fourth-order valence-corrected chi connectivity index (χ4v) is 2.77. The van der Waals surface area contributed by atoms with E-state index in [0.29, 0.717) is 13.0 Å². The van der Waals surface area contributed by atoms with Crippen LogP contribution in [-0.4, -0.2) is 40.7 Å². The zero-order valence-corrected chi connectivity index (χ0v) is 11.1. The third kappa shape index (κ3) is 2.64. The van der Waals surface area contributed by atoms with Gasteiger partial charge in [0.2, 0.25) is 5.91 Å². The summed E-state index contributed by atoms with van der Waals surface area (Å²) in [6.45, 7) is 3.49. The van der Waals surface area contributed by atoms with Crippen LogP contribution in [0.25, 0.3) is 0 Å². The number of ether oxygens (including phenoxy) is 1. The van der Waals surface area contributed by atoms with Crippen LogP contribution in [0.15, 0.2) is 6.33 Å². The lowest BCUT2D eigenvalue weighted by molar-refractivity contribution is -0.124. The molecule has 0 spiro atoms. The zero-order chi connectivity index (χ0) is 13.2. The lowest BCUT2D eigenvalue weighted by Gasteiger charge is -2.26. The molecular formula is C13H20N4O2. The number of carbonyl (C=O) groups excluding carboxylic acids is 1. The highest BCUT2D eigenvalue weighted by molar-refractivity contribution is 5.82. The second-order valence-electron chi connectivity index (χ2n) is 5.31. The average Bonchev–Trinajstić information content (AvgIpc) is 3.09. The van der Waals surface area contributed by atoms with E-state index in [-0.39, 0.29) is 24.1 Å². The van der Waals surface area contributed by atoms with Crippen molar-refractivity contribution in [2.24, 2.45) is 0 Å². The van der Waals surface area contributed by atoms with Gasteiger partial charge in [0.15, 0.2) is 0 Å². The van der Waals surface area contributed by atoms with Crippen molar-refractivity contribution in [1.82, 2.24) is 20.6 Å². The molecule has 3 heterocycles. The monoisotopic (exact) mass is 264 g/mol. The van der Waals surface area contributed by atoms with E-state index < -0.39 is 0 Å². The van der Waals surface area contributed by atoms with Crippen molar-refractivity contribution in [3.05, 3.63) is 17.7 Å². The summed E-state index contributed by atoms with van der Waals surface area (Å²) in [5.74, 6) is 0.0386. The molecule has 1 amide bonds. The van der Waals surface area contributed by atoms with Crippen molar-refractivity contribution < 1.29 is 9.53 Å². The minimum Gasteiger partial charge on any atom is -0.376 e. The topological polar surface area (TPSA) is 79.0 Å². The Bertz CT molecular complexity index is 453. The lowest BCUT2D eigenvalue weighted by Crippen LogP contribution is -2.52. The Balaban J connectivity index is 1.56. The molecule has 1 saturated heterocycles. The summed E-state index contributed by atoms with van der Waals surface area (Å²) < 4.78 is 5.59. The maximum Gasteiger partial charge on any atom is 0.237 e. The molecular weight excluding hydrogens is 244 g/mol. The molecule has 0 aromatic carbocycles. The Labute approximate surface area is 112 Å². The number of nitrogens with zero attached hydrogens (tertiary/aromatic N) is 1. The molecule has 2 aliphatic rings. The highest BCUT2D eigenvalue weighted by Crippen LogP contribution is 2.16. The molecule has 1 aromatic heterocycles. The third-order valence-electron chi connectivity index (χ3n) is 3.94. The fraction of sp³-hybridized carbons (Fsp3) is 0.692. The van der Waals surface area contributed by atoms with Crippen molar-refractivity contribution >= 4 is 5.91 Å². The third-order valence-corrected chi connectivity index (χ3v) is 3.94. The molecule has 19 heavy (non-hydrogen) atoms. The predicted octanol–water partition coefficient (Wildman–Crippen LogP) is 0.108. The number of H-pyrrole nitrogens is 1. The lowest BCUT2D eigenvalue weighted by atomic mass is 10.0. The Morgan fingerprint density at radius 2 is 2.53 bits per heavy atom. The van der Waals surface area contributed by atoms with Crippen LogP contribution in [0.4, 0.5) is 0 Å². The number of hydrogen-bond acceptors (Lipinski definition) is 4. The number of aromatic amines is 1. The molecule has 3 rings (SSSR count). The normalized spacial score (nSPS) is 27.8. The average molecular weight is 264 g/mol. The molecule has 6 heteroatoms. The maximum atomic E-state index is 12.2. The van der Waals surface area contributed by atoms with Gasteiger partial charge in [-0.25, -0.2) is 4.98 Å². The molecule has 3 N–H and O–H groups in total. The molecule has 2 aliphatic heterocycles. The van der Waals surface area contributed by atoms with Crippen LogP contribution in [0.2, 0.25) is 0 Å². The van der Waals surface area contributed by atoms with Crippen LogP contribution in [0, 0.1) is 0 Å². The van der Waals surface area contributed by atoms with Crippen molar-refractivity contribution in [2.75, 3.05) is 6.61 Å². The molecule has 104 valence electrons. The number of carbonyl (C=O) groups is 1. The van der Waals surface area contributed by atoms with Crippen molar-refractivity contribution in [1.29, 1.82) is 0 Å². The van der Waals surface area contributed by atoms with E-state index in [1.807, 2.05) is 6.92 Å². The van der Waals surface area contributed by atoms with Crippen LogP contribution >= 0.6 is 0 Å². The van der Waals surface area contributed by atoms with E-state index >= 15 is 0 Å². The van der Waals surface area contributed by atoms with Gasteiger partial charge in [-0.15, -0.1) is 0 Å². The highest BCUT2D eigenvalue weighted by Gasteiger charge is 2.29. The van der Waals surface area contributed by atoms with Gasteiger partial charge in [-0.1, -0.05) is 0 Å². The van der Waals surface area contributed by atoms with Crippen molar-refractivity contribution in [3.63, 3.8) is 0 Å². The summed E-state index contributed by atoms with van der Waals surface area (Å²) in [4.78, 5) is 19.6. The number of amides is 1. The zero-order valence-electron chi connectivity index (χ0n) is 11.1. The number of imidazole rings is 1. The first kappa shape index (κ1) is 12.6. The van der Waals surface area contributed by atoms with Crippen LogP contribution in [0.3, 0.4) is 0 Å². The van der Waals surface area contributed by atoms with Gasteiger partial charge in [-0.3, -0.25) is 10.1 Å². The predicted molar refractivity (Wildman–Crippen MR) is 69.5 cm³/mol. The quantitative estimate of drug-likeness (QED) is 0.724. The van der Waals surface area contributed by atoms with E-state index in [2.05, 4.69) is 20.6 Å². The number of nitrogens with one attached hydrogen (secondary N) is 3. The van der Waals surface area contributed by atoms with Gasteiger partial charge < -0.3 is 15.0 Å². The van der Waals surface area contributed by atoms with Gasteiger partial charge in [-0.2, -0.15) is 0 Å². The standard InChI is InChI=1S/C13H20N4O2/c1-8(12-3-2-4-19-12)17-13(18)10-5-9-11(6-14-10)16-7-15-9/h7-8,10,12,14H,2-6H2,1H3,(H,15,16)(H,17,18). The maximum absolute atomic E-state index is 12.2. The summed E-state index contributed by atoms with van der Waals surface area (Å²) in [5.41, 5.74) is 2.07. The molecule has 3 unspecified atom stereocenters. The number of hydrogen-bond donors (Lipinski definition) is 3. The molecule has 0 aliphatic carbocycles. The summed E-state index contributed by atoms with van der Waals surface area (Å²) in [7, 11) is 0. The van der Waals surface area contributed by atoms with Gasteiger partial charge in [0.25, 0.3) is 0 Å². The number of fused-ring (bicyclic) bond motifs is 1. The summed E-state index contributed by atoms with van der Waals surface area (Å²) in [5, 5.41) is 6.28. The molecule has 6 nitrogen and oxygen atoms in total. The first-order chi connectivity index (χ1) is 9.24. The van der Waals surface area contributed by atoms with E-state index in [1.54, 1.807) is 6.33 Å². The Morgan fingerprint density at radius 3 is 3.32 bits per heavy atom. The van der Waals surface area contributed by atoms with Gasteiger partial charge in [0, 0.05) is 19.6 Å². The van der Waals surface area contributed by atoms with Crippen molar-refractivity contribution in [2.45, 2.75) is 50.9 Å². The van der Waals surface area contributed by atoms with Crippen LogP contribution in [0.5, 0.6) is 0 Å². The summed E-state index contributed by atoms with van der Waals surface area (Å²) >= 11 is 0. The second kappa shape index (κ2) is 5.30. The minimum atomic E-state index is -0.195. The Hall–Kier alpha value is -1.40. The number of aromatic nitrogens is 2. The molecule has 1 aromatic rings. The Morgan fingerprint density at radius 1 is 1.63 bits per heavy atom. The fourth-order valence-electron chi connectivity index (χ4n) is 2.77. The van der Waals surface area contributed by atoms with E-state index in [0.717, 1.165) is 30.8 Å². The summed E-state index contributed by atoms with van der Waals surface area (Å²) in [6, 6.07) is -0.128. The molecule has 1 fully saturated rings. The van der Waals surface area contributed by atoms with E-state index in [9.17, 15) is 4.79 Å². The van der Waals surface area contributed by atoms with Crippen molar-refractivity contribution in [3.8, 4) is 0 Å². The first-order valence-electron chi connectivity index (χ1n) is 6.90. The molecule has 3 atom stereocenters. The van der Waals surface area contributed by atoms with Gasteiger partial charge in [0.05, 0.1) is 35.9 Å². The highest BCUT2D eigenvalue weighted by atomic mass is 16.5. The SMILES string of the molecule is CC(NC(=O)C1Cc2nc[nH]c2CN1)C1CCCO1. The van der Waals surface area contributed by atoms with E-state index in [1.165, 1.54) is 0 Å². The van der Waals surface area contributed by atoms with Crippen LogP contribution in [-0.2, 0) is 22.5 Å². The minimum absolute atomic E-state index is 0.0386. The first-order valence-corrected chi connectivity index (χ1v) is 6.90. The Kier molecular flexibility index (Phi) is 3.52. The second-order valence-corrected chi connectivity index (χ2v) is 5.31. The van der Waals surface area contributed by atoms with Gasteiger partial charge in [0.1, 0.15) is 0 Å². The van der Waals surface area contributed by atoms with Gasteiger partial charge in [-0.05, 0) is 19.8 Å². The van der Waals surface area contributed by atoms with Gasteiger partial charge >= 0.3 is 0 Å². The number of rotatable bonds is 3. The molecule has 0 radical (unpaired) electrons. The van der Waals surface area contributed by atoms with Crippen LogP contribution < -0.4 is 10.6 Å². The largest absolute Gasteiger partial charge is 0.376 e. The van der Waals surface area contributed by atoms with Crippen LogP contribution in [0.1, 0.15) is 31.2 Å².